The van der Waals surface area contributed by atoms with Gasteiger partial charge in [-0.2, -0.15) is 0 Å². The van der Waals surface area contributed by atoms with Crippen molar-refractivity contribution in [2.24, 2.45) is 0 Å². The molecule has 19 heavy (non-hydrogen) atoms. The summed E-state index contributed by atoms with van der Waals surface area (Å²) in [7, 11) is 2.17. The largest absolute Gasteiger partial charge is 0.360 e. The van der Waals surface area contributed by atoms with Crippen molar-refractivity contribution >= 4 is 23.0 Å². The number of nitrogens with one attached hydrogen (secondary N) is 2. The molecule has 0 aliphatic carbocycles. The van der Waals surface area contributed by atoms with Crippen LogP contribution in [0.25, 0.3) is 0 Å². The van der Waals surface area contributed by atoms with E-state index in [1.54, 1.807) is 0 Å². The molecule has 0 aromatic heterocycles. The van der Waals surface area contributed by atoms with Crippen molar-refractivity contribution < 1.29 is 0 Å². The van der Waals surface area contributed by atoms with Gasteiger partial charge in [-0.3, -0.25) is 0 Å². The molecular weight excluding hydrogens is 254 g/mol. The van der Waals surface area contributed by atoms with Gasteiger partial charge >= 0.3 is 0 Å². The van der Waals surface area contributed by atoms with E-state index in [0.29, 0.717) is 6.04 Å². The van der Waals surface area contributed by atoms with Gasteiger partial charge in [-0.05, 0) is 82.3 Å². The lowest BCUT2D eigenvalue weighted by molar-refractivity contribution is 0.247. The maximum atomic E-state index is 5.40. The van der Waals surface area contributed by atoms with Gasteiger partial charge in [0.2, 0.25) is 0 Å². The first-order chi connectivity index (χ1) is 9.02. The van der Waals surface area contributed by atoms with Crippen LogP contribution in [0.1, 0.15) is 24.0 Å². The van der Waals surface area contributed by atoms with Crippen LogP contribution in [0.2, 0.25) is 0 Å². The van der Waals surface area contributed by atoms with Gasteiger partial charge in [0, 0.05) is 11.7 Å². The Morgan fingerprint density at radius 2 is 1.74 bits per heavy atom. The van der Waals surface area contributed by atoms with E-state index in [9.17, 15) is 0 Å². The van der Waals surface area contributed by atoms with Crippen LogP contribution >= 0.6 is 12.2 Å². The second-order valence-corrected chi connectivity index (χ2v) is 5.96. The highest BCUT2D eigenvalue weighted by Crippen LogP contribution is 2.14. The average Bonchev–Trinajstić information content (AvgIpc) is 2.30. The van der Waals surface area contributed by atoms with Crippen LogP contribution in [0, 0.1) is 13.8 Å². The van der Waals surface area contributed by atoms with Crippen molar-refractivity contribution in [1.29, 1.82) is 0 Å². The third-order valence-corrected chi connectivity index (χ3v) is 3.75. The molecule has 1 aliphatic heterocycles. The Kier molecular flexibility index (Phi) is 4.77. The second-order valence-electron chi connectivity index (χ2n) is 5.55. The highest BCUT2D eigenvalue weighted by Gasteiger charge is 2.16. The Bertz CT molecular complexity index is 430. The standard InChI is InChI=1S/C15H23N3S/c1-11-8-12(2)10-14(9-11)17-15(19)16-13-4-6-18(3)7-5-13/h8-10,13H,4-7H2,1-3H3,(H2,16,17,19). The molecule has 2 N–H and O–H groups in total. The normalized spacial score (nSPS) is 17.2. The number of likely N-dealkylation sites (tertiary alicyclic amines) is 1. The molecule has 0 atom stereocenters. The summed E-state index contributed by atoms with van der Waals surface area (Å²) in [6.45, 7) is 6.49. The van der Waals surface area contributed by atoms with E-state index < -0.39 is 0 Å². The van der Waals surface area contributed by atoms with E-state index in [2.05, 4.69) is 54.6 Å². The third-order valence-electron chi connectivity index (χ3n) is 3.53. The summed E-state index contributed by atoms with van der Waals surface area (Å²) in [5, 5.41) is 7.44. The van der Waals surface area contributed by atoms with Crippen LogP contribution in [0.4, 0.5) is 5.69 Å². The molecule has 0 unspecified atom stereocenters. The van der Waals surface area contributed by atoms with E-state index in [4.69, 9.17) is 12.2 Å². The minimum atomic E-state index is 0.502. The molecule has 1 fully saturated rings. The number of rotatable bonds is 2. The van der Waals surface area contributed by atoms with Crippen molar-refractivity contribution in [1.82, 2.24) is 10.2 Å². The summed E-state index contributed by atoms with van der Waals surface area (Å²) in [6, 6.07) is 6.91. The minimum Gasteiger partial charge on any atom is -0.360 e. The number of hydrogen-bond donors (Lipinski definition) is 2. The predicted molar refractivity (Wildman–Crippen MR) is 85.8 cm³/mol. The van der Waals surface area contributed by atoms with E-state index >= 15 is 0 Å². The summed E-state index contributed by atoms with van der Waals surface area (Å²) in [5.41, 5.74) is 3.58. The summed E-state index contributed by atoms with van der Waals surface area (Å²) in [5.74, 6) is 0. The number of thiocarbonyl (C=S) groups is 1. The average molecular weight is 277 g/mol. The monoisotopic (exact) mass is 277 g/mol. The number of piperidine rings is 1. The summed E-state index contributed by atoms with van der Waals surface area (Å²) >= 11 is 5.40. The van der Waals surface area contributed by atoms with Gasteiger partial charge in [0.05, 0.1) is 0 Å². The number of anilines is 1. The smallest absolute Gasteiger partial charge is 0.170 e. The number of hydrogen-bond acceptors (Lipinski definition) is 2. The van der Waals surface area contributed by atoms with Gasteiger partial charge in [-0.25, -0.2) is 0 Å². The zero-order valence-corrected chi connectivity index (χ0v) is 12.8. The SMILES string of the molecule is Cc1cc(C)cc(NC(=S)NC2CCN(C)CC2)c1. The Labute approximate surface area is 121 Å². The van der Waals surface area contributed by atoms with Gasteiger partial charge in [0.1, 0.15) is 0 Å². The van der Waals surface area contributed by atoms with E-state index in [1.807, 2.05) is 0 Å². The summed E-state index contributed by atoms with van der Waals surface area (Å²) < 4.78 is 0. The van der Waals surface area contributed by atoms with Crippen molar-refractivity contribution in [2.45, 2.75) is 32.7 Å². The highest BCUT2D eigenvalue weighted by molar-refractivity contribution is 7.80. The van der Waals surface area contributed by atoms with Crippen molar-refractivity contribution in [3.63, 3.8) is 0 Å². The topological polar surface area (TPSA) is 27.3 Å². The molecule has 3 nitrogen and oxygen atoms in total. The molecule has 2 rings (SSSR count). The molecule has 104 valence electrons. The van der Waals surface area contributed by atoms with Gasteiger partial charge in [0.15, 0.2) is 5.11 Å². The predicted octanol–water partition coefficient (Wildman–Crippen LogP) is 2.68. The van der Waals surface area contributed by atoms with E-state index in [1.165, 1.54) is 11.1 Å². The molecule has 1 aromatic rings. The number of nitrogens with zero attached hydrogens (tertiary/aromatic N) is 1. The van der Waals surface area contributed by atoms with Crippen LogP contribution < -0.4 is 10.6 Å². The molecule has 0 bridgehead atoms. The van der Waals surface area contributed by atoms with E-state index in [0.717, 1.165) is 36.7 Å². The first-order valence-corrected chi connectivity index (χ1v) is 7.28. The van der Waals surface area contributed by atoms with Crippen LogP contribution in [0.5, 0.6) is 0 Å². The third kappa shape index (κ3) is 4.48. The van der Waals surface area contributed by atoms with Gasteiger partial charge in [0.25, 0.3) is 0 Å². The lowest BCUT2D eigenvalue weighted by Crippen LogP contribution is -2.44. The molecule has 1 saturated heterocycles. The van der Waals surface area contributed by atoms with Crippen LogP contribution in [0.3, 0.4) is 0 Å². The fourth-order valence-electron chi connectivity index (χ4n) is 2.55. The lowest BCUT2D eigenvalue weighted by atomic mass is 10.1. The van der Waals surface area contributed by atoms with Crippen LogP contribution in [-0.2, 0) is 0 Å². The zero-order valence-electron chi connectivity index (χ0n) is 12.0. The second kappa shape index (κ2) is 6.35. The molecular formula is C15H23N3S. The van der Waals surface area contributed by atoms with Gasteiger partial charge in [-0.1, -0.05) is 6.07 Å². The Morgan fingerprint density at radius 3 is 2.32 bits per heavy atom. The quantitative estimate of drug-likeness (QED) is 0.813. The van der Waals surface area contributed by atoms with Gasteiger partial charge < -0.3 is 15.5 Å². The number of benzene rings is 1. The van der Waals surface area contributed by atoms with Crippen molar-refractivity contribution in [3.05, 3.63) is 29.3 Å². The van der Waals surface area contributed by atoms with Crippen LogP contribution in [-0.4, -0.2) is 36.2 Å². The fourth-order valence-corrected chi connectivity index (χ4v) is 2.84. The summed E-state index contributed by atoms with van der Waals surface area (Å²) in [4.78, 5) is 2.36. The lowest BCUT2D eigenvalue weighted by Gasteiger charge is -2.30. The van der Waals surface area contributed by atoms with Crippen molar-refractivity contribution in [3.8, 4) is 0 Å². The molecule has 1 aromatic carbocycles. The molecule has 0 spiro atoms. The van der Waals surface area contributed by atoms with Crippen molar-refractivity contribution in [2.75, 3.05) is 25.5 Å². The zero-order chi connectivity index (χ0) is 13.8. The van der Waals surface area contributed by atoms with E-state index in [-0.39, 0.29) is 0 Å². The molecule has 0 saturated carbocycles. The molecule has 1 aliphatic rings. The summed E-state index contributed by atoms with van der Waals surface area (Å²) in [6.07, 6.45) is 2.32. The maximum absolute atomic E-state index is 5.40. The molecule has 0 amide bonds. The molecule has 0 radical (unpaired) electrons. The Balaban J connectivity index is 1.87. The first kappa shape index (κ1) is 14.3. The molecule has 1 heterocycles. The maximum Gasteiger partial charge on any atom is 0.170 e. The fraction of sp³-hybridized carbons (Fsp3) is 0.533. The Hall–Kier alpha value is -1.13. The Morgan fingerprint density at radius 1 is 1.16 bits per heavy atom. The van der Waals surface area contributed by atoms with Gasteiger partial charge in [-0.15, -0.1) is 0 Å². The van der Waals surface area contributed by atoms with Crippen LogP contribution in [0.15, 0.2) is 18.2 Å². The first-order valence-electron chi connectivity index (χ1n) is 6.87. The minimum absolute atomic E-state index is 0.502. The number of aryl methyl sites for hydroxylation is 2. The molecule has 4 heteroatoms. The highest BCUT2D eigenvalue weighted by atomic mass is 32.1.